The van der Waals surface area contributed by atoms with Crippen molar-refractivity contribution < 1.29 is 18.9 Å². The molecule has 2 aromatic heterocycles. The fourth-order valence-electron chi connectivity index (χ4n) is 3.89. The third kappa shape index (κ3) is 4.46. The highest BCUT2D eigenvalue weighted by Gasteiger charge is 2.14. The van der Waals surface area contributed by atoms with Gasteiger partial charge in [-0.25, -0.2) is 9.97 Å². The van der Waals surface area contributed by atoms with Crippen LogP contribution in [0, 0.1) is 0 Å². The zero-order chi connectivity index (χ0) is 21.8. The molecule has 8 nitrogen and oxygen atoms in total. The molecule has 5 rings (SSSR count). The Hall–Kier alpha value is -3.36. The molecule has 8 heteroatoms. The van der Waals surface area contributed by atoms with Crippen LogP contribution in [0.4, 0.5) is 0 Å². The summed E-state index contributed by atoms with van der Waals surface area (Å²) in [5, 5.41) is 1.89. The standard InChI is InChI=1S/C24H26N4O4/c1-29-22-14-19-21(15-23(22)31-10-2-7-28-8-11-30-12-9-28)26-16-27-24(19)32-18-4-3-17-5-6-25-20(17)13-18/h3-6,13-16,25H,2,7-12H2,1H3. The minimum absolute atomic E-state index is 0.470. The third-order valence-corrected chi connectivity index (χ3v) is 5.61. The van der Waals surface area contributed by atoms with Crippen LogP contribution in [-0.2, 0) is 4.74 Å². The monoisotopic (exact) mass is 434 g/mol. The van der Waals surface area contributed by atoms with E-state index < -0.39 is 0 Å². The van der Waals surface area contributed by atoms with E-state index in [9.17, 15) is 0 Å². The predicted molar refractivity (Wildman–Crippen MR) is 122 cm³/mol. The van der Waals surface area contributed by atoms with Crippen molar-refractivity contribution in [3.63, 3.8) is 0 Å². The maximum absolute atomic E-state index is 6.09. The molecule has 0 atom stereocenters. The maximum Gasteiger partial charge on any atom is 0.230 e. The molecule has 3 heterocycles. The molecule has 1 aliphatic heterocycles. The van der Waals surface area contributed by atoms with Crippen LogP contribution < -0.4 is 14.2 Å². The number of fused-ring (bicyclic) bond motifs is 2. The van der Waals surface area contributed by atoms with Crippen molar-refractivity contribution in [2.24, 2.45) is 0 Å². The molecule has 0 aliphatic carbocycles. The molecule has 0 amide bonds. The first kappa shape index (κ1) is 20.5. The van der Waals surface area contributed by atoms with E-state index >= 15 is 0 Å². The fourth-order valence-corrected chi connectivity index (χ4v) is 3.89. The van der Waals surface area contributed by atoms with Gasteiger partial charge in [0.1, 0.15) is 12.1 Å². The number of aromatic nitrogens is 3. The van der Waals surface area contributed by atoms with Crippen LogP contribution in [0.15, 0.2) is 48.9 Å². The number of nitrogens with zero attached hydrogens (tertiary/aromatic N) is 3. The van der Waals surface area contributed by atoms with E-state index in [4.69, 9.17) is 18.9 Å². The number of hydrogen-bond acceptors (Lipinski definition) is 7. The van der Waals surface area contributed by atoms with Crippen LogP contribution in [-0.4, -0.2) is 66.4 Å². The SMILES string of the molecule is COc1cc2c(Oc3ccc4cc[nH]c4c3)ncnc2cc1OCCCN1CCOCC1. The Morgan fingerprint density at radius 2 is 1.97 bits per heavy atom. The predicted octanol–water partition coefficient (Wildman–Crippen LogP) is 4.01. The largest absolute Gasteiger partial charge is 0.493 e. The van der Waals surface area contributed by atoms with Gasteiger partial charge in [-0.1, -0.05) is 0 Å². The second-order valence-corrected chi connectivity index (χ2v) is 7.68. The van der Waals surface area contributed by atoms with E-state index in [0.29, 0.717) is 29.7 Å². The number of aromatic amines is 1. The summed E-state index contributed by atoms with van der Waals surface area (Å²) in [6.45, 7) is 5.17. The lowest BCUT2D eigenvalue weighted by molar-refractivity contribution is 0.0357. The summed E-state index contributed by atoms with van der Waals surface area (Å²) < 4.78 is 23.1. The summed E-state index contributed by atoms with van der Waals surface area (Å²) in [6.07, 6.45) is 4.34. The Morgan fingerprint density at radius 3 is 2.84 bits per heavy atom. The molecule has 0 radical (unpaired) electrons. The van der Waals surface area contributed by atoms with Gasteiger partial charge in [-0.05, 0) is 36.1 Å². The van der Waals surface area contributed by atoms with Crippen molar-refractivity contribution in [2.45, 2.75) is 6.42 Å². The molecule has 0 saturated carbocycles. The van der Waals surface area contributed by atoms with E-state index in [1.54, 1.807) is 7.11 Å². The van der Waals surface area contributed by atoms with E-state index in [0.717, 1.165) is 61.1 Å². The summed E-state index contributed by atoms with van der Waals surface area (Å²) >= 11 is 0. The number of ether oxygens (including phenoxy) is 4. The van der Waals surface area contributed by atoms with Gasteiger partial charge in [0.15, 0.2) is 11.5 Å². The van der Waals surface area contributed by atoms with Gasteiger partial charge in [0.25, 0.3) is 0 Å². The zero-order valence-corrected chi connectivity index (χ0v) is 18.0. The van der Waals surface area contributed by atoms with Crippen LogP contribution in [0.5, 0.6) is 23.1 Å². The van der Waals surface area contributed by atoms with Gasteiger partial charge in [0.05, 0.1) is 37.8 Å². The summed E-state index contributed by atoms with van der Waals surface area (Å²) in [4.78, 5) is 14.3. The normalized spacial score (nSPS) is 14.7. The van der Waals surface area contributed by atoms with Crippen molar-refractivity contribution in [1.82, 2.24) is 19.9 Å². The highest BCUT2D eigenvalue weighted by molar-refractivity contribution is 5.87. The number of nitrogens with one attached hydrogen (secondary N) is 1. The number of H-pyrrole nitrogens is 1. The zero-order valence-electron chi connectivity index (χ0n) is 18.0. The van der Waals surface area contributed by atoms with Gasteiger partial charge in [-0.15, -0.1) is 0 Å². The molecule has 0 spiro atoms. The molecule has 1 aliphatic rings. The lowest BCUT2D eigenvalue weighted by Crippen LogP contribution is -2.37. The molecule has 1 N–H and O–H groups in total. The van der Waals surface area contributed by atoms with E-state index in [1.165, 1.54) is 6.33 Å². The number of hydrogen-bond donors (Lipinski definition) is 1. The second kappa shape index (κ2) is 9.42. The van der Waals surface area contributed by atoms with Crippen molar-refractivity contribution in [1.29, 1.82) is 0 Å². The van der Waals surface area contributed by atoms with E-state index in [2.05, 4.69) is 19.9 Å². The van der Waals surface area contributed by atoms with Crippen molar-refractivity contribution in [3.8, 4) is 23.1 Å². The van der Waals surface area contributed by atoms with E-state index in [1.807, 2.05) is 42.6 Å². The third-order valence-electron chi connectivity index (χ3n) is 5.61. The minimum atomic E-state index is 0.470. The fraction of sp³-hybridized carbons (Fsp3) is 0.333. The summed E-state index contributed by atoms with van der Waals surface area (Å²) in [6, 6.07) is 11.7. The van der Waals surface area contributed by atoms with Crippen molar-refractivity contribution >= 4 is 21.8 Å². The average molecular weight is 434 g/mol. The van der Waals surface area contributed by atoms with Crippen LogP contribution >= 0.6 is 0 Å². The number of rotatable bonds is 8. The van der Waals surface area contributed by atoms with Gasteiger partial charge >= 0.3 is 0 Å². The van der Waals surface area contributed by atoms with Crippen LogP contribution in [0.25, 0.3) is 21.8 Å². The lowest BCUT2D eigenvalue weighted by atomic mass is 10.2. The van der Waals surface area contributed by atoms with Gasteiger partial charge in [0.2, 0.25) is 5.88 Å². The maximum atomic E-state index is 6.09. The minimum Gasteiger partial charge on any atom is -0.493 e. The molecular weight excluding hydrogens is 408 g/mol. The summed E-state index contributed by atoms with van der Waals surface area (Å²) in [5.41, 5.74) is 1.74. The van der Waals surface area contributed by atoms with Gasteiger partial charge in [-0.2, -0.15) is 0 Å². The van der Waals surface area contributed by atoms with E-state index in [-0.39, 0.29) is 0 Å². The Morgan fingerprint density at radius 1 is 1.06 bits per heavy atom. The molecule has 2 aromatic carbocycles. The summed E-state index contributed by atoms with van der Waals surface area (Å²) in [5.74, 6) is 2.46. The first-order valence-corrected chi connectivity index (χ1v) is 10.8. The molecule has 166 valence electrons. The van der Waals surface area contributed by atoms with Gasteiger partial charge in [0, 0.05) is 43.5 Å². The van der Waals surface area contributed by atoms with Crippen LogP contribution in [0.3, 0.4) is 0 Å². The Kier molecular flexibility index (Phi) is 6.04. The van der Waals surface area contributed by atoms with Crippen LogP contribution in [0.2, 0.25) is 0 Å². The van der Waals surface area contributed by atoms with Gasteiger partial charge < -0.3 is 23.9 Å². The number of morpholine rings is 1. The van der Waals surface area contributed by atoms with Gasteiger partial charge in [-0.3, -0.25) is 4.90 Å². The molecular formula is C24H26N4O4. The smallest absolute Gasteiger partial charge is 0.230 e. The average Bonchev–Trinajstić information content (AvgIpc) is 3.30. The molecule has 1 fully saturated rings. The first-order valence-electron chi connectivity index (χ1n) is 10.8. The number of methoxy groups -OCH3 is 1. The first-order chi connectivity index (χ1) is 15.8. The van der Waals surface area contributed by atoms with Crippen molar-refractivity contribution in [2.75, 3.05) is 46.6 Å². The topological polar surface area (TPSA) is 81.7 Å². The Bertz CT molecular complexity index is 1200. The number of benzene rings is 2. The Balaban J connectivity index is 1.32. The van der Waals surface area contributed by atoms with Crippen LogP contribution in [0.1, 0.15) is 6.42 Å². The quantitative estimate of drug-likeness (QED) is 0.420. The molecule has 0 unspecified atom stereocenters. The summed E-state index contributed by atoms with van der Waals surface area (Å²) in [7, 11) is 1.63. The van der Waals surface area contributed by atoms with Crippen molar-refractivity contribution in [3.05, 3.63) is 48.9 Å². The molecule has 0 bridgehead atoms. The molecule has 1 saturated heterocycles. The lowest BCUT2D eigenvalue weighted by Gasteiger charge is -2.26. The second-order valence-electron chi connectivity index (χ2n) is 7.68. The molecule has 4 aromatic rings. The highest BCUT2D eigenvalue weighted by Crippen LogP contribution is 2.36. The highest BCUT2D eigenvalue weighted by atomic mass is 16.5. The Labute approximate surface area is 186 Å². The molecule has 32 heavy (non-hydrogen) atoms.